The molecular weight excluding hydrogens is 174 g/mol. The van der Waals surface area contributed by atoms with Gasteiger partial charge in [0.15, 0.2) is 12.4 Å². The van der Waals surface area contributed by atoms with Gasteiger partial charge < -0.3 is 5.21 Å². The van der Waals surface area contributed by atoms with Gasteiger partial charge in [0, 0.05) is 16.5 Å². The summed E-state index contributed by atoms with van der Waals surface area (Å²) in [5.41, 5.74) is 0. The van der Waals surface area contributed by atoms with Crippen LogP contribution in [0.4, 0.5) is 0 Å². The van der Waals surface area contributed by atoms with Gasteiger partial charge in [0.05, 0.1) is 0 Å². The van der Waals surface area contributed by atoms with Gasteiger partial charge >= 0.3 is 0 Å². The molecule has 1 heterocycles. The Labute approximate surface area is 74.6 Å². The summed E-state index contributed by atoms with van der Waals surface area (Å²) >= 11 is 5.76. The highest BCUT2D eigenvalue weighted by molar-refractivity contribution is 6.31. The standard InChI is InChI=1S/C9H6ClNO/c10-9-2-1-7-3-4-11(12)6-8(7)5-9/h1-6H. The smallest absolute Gasteiger partial charge is 0.188 e. The van der Waals surface area contributed by atoms with Crippen molar-refractivity contribution in [3.8, 4) is 0 Å². The van der Waals surface area contributed by atoms with E-state index in [9.17, 15) is 5.21 Å². The molecule has 0 atom stereocenters. The molecule has 0 aliphatic rings. The molecule has 0 saturated carbocycles. The molecule has 2 aromatic rings. The largest absolute Gasteiger partial charge is 0.619 e. The van der Waals surface area contributed by atoms with Crippen molar-refractivity contribution in [1.29, 1.82) is 0 Å². The van der Waals surface area contributed by atoms with Gasteiger partial charge in [0.25, 0.3) is 0 Å². The number of halogens is 1. The fourth-order valence-corrected chi connectivity index (χ4v) is 1.32. The van der Waals surface area contributed by atoms with E-state index in [4.69, 9.17) is 11.6 Å². The summed E-state index contributed by atoms with van der Waals surface area (Å²) in [6.07, 6.45) is 2.97. The van der Waals surface area contributed by atoms with E-state index in [0.29, 0.717) is 5.02 Å². The predicted octanol–water partition coefficient (Wildman–Crippen LogP) is 2.13. The van der Waals surface area contributed by atoms with Gasteiger partial charge in [-0.3, -0.25) is 0 Å². The molecule has 0 aliphatic heterocycles. The van der Waals surface area contributed by atoms with Crippen molar-refractivity contribution in [2.24, 2.45) is 0 Å². The van der Waals surface area contributed by atoms with Gasteiger partial charge in [-0.05, 0) is 17.5 Å². The first-order valence-corrected chi connectivity index (χ1v) is 3.91. The Bertz CT molecular complexity index is 391. The van der Waals surface area contributed by atoms with E-state index in [0.717, 1.165) is 15.5 Å². The van der Waals surface area contributed by atoms with Gasteiger partial charge in [-0.15, -0.1) is 0 Å². The van der Waals surface area contributed by atoms with E-state index in [1.807, 2.05) is 6.07 Å². The molecule has 0 N–H and O–H groups in total. The Hall–Kier alpha value is -1.28. The molecule has 60 valence electrons. The minimum atomic E-state index is 0.647. The number of hydrogen-bond acceptors (Lipinski definition) is 1. The van der Waals surface area contributed by atoms with Crippen LogP contribution in [0.2, 0.25) is 5.02 Å². The second-order valence-corrected chi connectivity index (χ2v) is 3.01. The second-order valence-electron chi connectivity index (χ2n) is 2.58. The molecule has 2 nitrogen and oxygen atoms in total. The maximum absolute atomic E-state index is 10.9. The Kier molecular flexibility index (Phi) is 1.62. The zero-order valence-electron chi connectivity index (χ0n) is 6.20. The summed E-state index contributed by atoms with van der Waals surface area (Å²) in [5.74, 6) is 0. The third-order valence-corrected chi connectivity index (χ3v) is 1.95. The maximum Gasteiger partial charge on any atom is 0.188 e. The van der Waals surface area contributed by atoms with Crippen molar-refractivity contribution in [3.05, 3.63) is 46.9 Å². The van der Waals surface area contributed by atoms with Gasteiger partial charge in [-0.2, -0.15) is 4.73 Å². The first kappa shape index (κ1) is 7.37. The summed E-state index contributed by atoms with van der Waals surface area (Å²) in [6.45, 7) is 0. The predicted molar refractivity (Wildman–Crippen MR) is 47.9 cm³/mol. The number of rotatable bonds is 0. The average molecular weight is 180 g/mol. The lowest BCUT2D eigenvalue weighted by atomic mass is 10.2. The van der Waals surface area contributed by atoms with Crippen LogP contribution in [-0.4, -0.2) is 0 Å². The first-order valence-electron chi connectivity index (χ1n) is 3.54. The first-order chi connectivity index (χ1) is 5.75. The van der Waals surface area contributed by atoms with Crippen molar-refractivity contribution < 1.29 is 4.73 Å². The Morgan fingerprint density at radius 3 is 2.83 bits per heavy atom. The number of aromatic nitrogens is 1. The Morgan fingerprint density at radius 2 is 2.00 bits per heavy atom. The van der Waals surface area contributed by atoms with E-state index in [-0.39, 0.29) is 0 Å². The van der Waals surface area contributed by atoms with Gasteiger partial charge in [0.1, 0.15) is 0 Å². The molecule has 0 aliphatic carbocycles. The highest BCUT2D eigenvalue weighted by Gasteiger charge is 1.97. The zero-order chi connectivity index (χ0) is 8.55. The molecule has 0 saturated heterocycles. The van der Waals surface area contributed by atoms with Gasteiger partial charge in [-0.1, -0.05) is 17.7 Å². The molecule has 1 aromatic heterocycles. The molecule has 0 amide bonds. The molecule has 0 fully saturated rings. The number of pyridine rings is 1. The van der Waals surface area contributed by atoms with Gasteiger partial charge in [0.2, 0.25) is 0 Å². The van der Waals surface area contributed by atoms with Crippen molar-refractivity contribution in [2.75, 3.05) is 0 Å². The minimum absolute atomic E-state index is 0.647. The second kappa shape index (κ2) is 2.64. The Balaban J connectivity index is 2.80. The van der Waals surface area contributed by atoms with Gasteiger partial charge in [-0.25, -0.2) is 0 Å². The Morgan fingerprint density at radius 1 is 1.17 bits per heavy atom. The van der Waals surface area contributed by atoms with Crippen LogP contribution in [0.25, 0.3) is 10.8 Å². The topological polar surface area (TPSA) is 26.9 Å². The number of benzene rings is 1. The fourth-order valence-electron chi connectivity index (χ4n) is 1.14. The lowest BCUT2D eigenvalue weighted by Crippen LogP contribution is -2.23. The summed E-state index contributed by atoms with van der Waals surface area (Å²) in [6, 6.07) is 7.22. The highest BCUT2D eigenvalue weighted by Crippen LogP contribution is 2.16. The quantitative estimate of drug-likeness (QED) is 0.450. The van der Waals surface area contributed by atoms with Crippen LogP contribution in [0.1, 0.15) is 0 Å². The monoisotopic (exact) mass is 179 g/mol. The lowest BCUT2D eigenvalue weighted by Gasteiger charge is -1.98. The lowest BCUT2D eigenvalue weighted by molar-refractivity contribution is -0.603. The third-order valence-electron chi connectivity index (χ3n) is 1.72. The highest BCUT2D eigenvalue weighted by atomic mass is 35.5. The third kappa shape index (κ3) is 1.21. The molecule has 0 bridgehead atoms. The number of hydrogen-bond donors (Lipinski definition) is 0. The van der Waals surface area contributed by atoms with Crippen LogP contribution in [0.5, 0.6) is 0 Å². The molecule has 0 radical (unpaired) electrons. The van der Waals surface area contributed by atoms with Crippen molar-refractivity contribution in [1.82, 2.24) is 0 Å². The minimum Gasteiger partial charge on any atom is -0.619 e. The van der Waals surface area contributed by atoms with E-state index >= 15 is 0 Å². The molecule has 3 heteroatoms. The van der Waals surface area contributed by atoms with E-state index in [1.54, 1.807) is 18.2 Å². The number of nitrogens with zero attached hydrogens (tertiary/aromatic N) is 1. The zero-order valence-corrected chi connectivity index (χ0v) is 6.95. The molecule has 2 rings (SSSR count). The van der Waals surface area contributed by atoms with E-state index < -0.39 is 0 Å². The normalized spacial score (nSPS) is 10.4. The molecule has 1 aromatic carbocycles. The van der Waals surface area contributed by atoms with Crippen LogP contribution >= 0.6 is 11.6 Å². The van der Waals surface area contributed by atoms with Crippen LogP contribution in [0, 0.1) is 5.21 Å². The van der Waals surface area contributed by atoms with Crippen molar-refractivity contribution >= 4 is 22.4 Å². The summed E-state index contributed by atoms with van der Waals surface area (Å²) < 4.78 is 0.763. The molecule has 0 spiro atoms. The number of fused-ring (bicyclic) bond motifs is 1. The van der Waals surface area contributed by atoms with Crippen LogP contribution in [0.3, 0.4) is 0 Å². The van der Waals surface area contributed by atoms with Crippen molar-refractivity contribution in [2.45, 2.75) is 0 Å². The van der Waals surface area contributed by atoms with Crippen molar-refractivity contribution in [3.63, 3.8) is 0 Å². The van der Waals surface area contributed by atoms with E-state index in [2.05, 4.69) is 0 Å². The van der Waals surface area contributed by atoms with Crippen LogP contribution < -0.4 is 4.73 Å². The molecular formula is C9H6ClNO. The fraction of sp³-hybridized carbons (Fsp3) is 0. The van der Waals surface area contributed by atoms with Crippen LogP contribution in [0.15, 0.2) is 36.7 Å². The molecule has 12 heavy (non-hydrogen) atoms. The average Bonchev–Trinajstić information content (AvgIpc) is 2.03. The summed E-state index contributed by atoms with van der Waals surface area (Å²) in [5, 5.41) is 13.4. The SMILES string of the molecule is [O-][n+]1ccc2ccc(Cl)cc2c1. The van der Waals surface area contributed by atoms with E-state index in [1.165, 1.54) is 12.4 Å². The maximum atomic E-state index is 10.9. The summed E-state index contributed by atoms with van der Waals surface area (Å²) in [4.78, 5) is 0. The molecule has 0 unspecified atom stereocenters. The van der Waals surface area contributed by atoms with Crippen LogP contribution in [-0.2, 0) is 0 Å². The summed E-state index contributed by atoms with van der Waals surface area (Å²) in [7, 11) is 0.